The average Bonchev–Trinajstić information content (AvgIpc) is 2.93. The van der Waals surface area contributed by atoms with Crippen molar-refractivity contribution in [1.29, 1.82) is 0 Å². The molecule has 0 atom stereocenters. The van der Waals surface area contributed by atoms with Crippen LogP contribution in [0.5, 0.6) is 5.75 Å². The van der Waals surface area contributed by atoms with E-state index >= 15 is 0 Å². The topological polar surface area (TPSA) is 67.0 Å². The molecule has 1 amide bonds. The van der Waals surface area contributed by atoms with Crippen molar-refractivity contribution in [1.82, 2.24) is 15.3 Å². The predicted octanol–water partition coefficient (Wildman–Crippen LogP) is 3.67. The van der Waals surface area contributed by atoms with Gasteiger partial charge in [0.05, 0.1) is 24.4 Å². The lowest BCUT2D eigenvalue weighted by atomic mass is 10.1. The van der Waals surface area contributed by atoms with E-state index in [9.17, 15) is 9.18 Å². The van der Waals surface area contributed by atoms with Gasteiger partial charge in [0.1, 0.15) is 0 Å². The molecular weight excluding hydrogens is 333 g/mol. The molecule has 3 rings (SSSR count). The number of hydrogen-bond acceptors (Lipinski definition) is 3. The second-order valence-corrected chi connectivity index (χ2v) is 5.72. The van der Waals surface area contributed by atoms with Crippen LogP contribution in [0.4, 0.5) is 4.39 Å². The third-order valence-electron chi connectivity index (χ3n) is 3.60. The SMILES string of the molecule is COc1ccc(-c2cc3[nH]c(CNC(C)=O)cc3cc2Cl)nc1F. The molecule has 0 spiro atoms. The quantitative estimate of drug-likeness (QED) is 0.708. The van der Waals surface area contributed by atoms with E-state index in [2.05, 4.69) is 15.3 Å². The molecule has 0 aliphatic rings. The highest BCUT2D eigenvalue weighted by molar-refractivity contribution is 6.34. The van der Waals surface area contributed by atoms with E-state index in [1.54, 1.807) is 12.1 Å². The molecule has 1 aromatic carbocycles. The lowest BCUT2D eigenvalue weighted by Crippen LogP contribution is -2.18. The normalized spacial score (nSPS) is 10.8. The summed E-state index contributed by atoms with van der Waals surface area (Å²) in [6, 6.07) is 8.65. The van der Waals surface area contributed by atoms with E-state index in [-0.39, 0.29) is 11.7 Å². The van der Waals surface area contributed by atoms with Gasteiger partial charge in [-0.1, -0.05) is 11.6 Å². The third kappa shape index (κ3) is 3.19. The molecule has 0 radical (unpaired) electrons. The summed E-state index contributed by atoms with van der Waals surface area (Å²) in [5.41, 5.74) is 2.70. The van der Waals surface area contributed by atoms with Crippen LogP contribution in [0.3, 0.4) is 0 Å². The van der Waals surface area contributed by atoms with Crippen LogP contribution in [0.1, 0.15) is 12.6 Å². The number of aromatic amines is 1. The number of carbonyl (C=O) groups excluding carboxylic acids is 1. The summed E-state index contributed by atoms with van der Waals surface area (Å²) in [5.74, 6) is -0.720. The lowest BCUT2D eigenvalue weighted by Gasteiger charge is -2.06. The summed E-state index contributed by atoms with van der Waals surface area (Å²) in [7, 11) is 1.38. The summed E-state index contributed by atoms with van der Waals surface area (Å²) in [5, 5.41) is 4.09. The Kier molecular flexibility index (Phi) is 4.40. The molecule has 24 heavy (non-hydrogen) atoms. The summed E-state index contributed by atoms with van der Waals surface area (Å²) in [4.78, 5) is 18.1. The third-order valence-corrected chi connectivity index (χ3v) is 3.92. The number of nitrogens with one attached hydrogen (secondary N) is 2. The zero-order chi connectivity index (χ0) is 17.3. The summed E-state index contributed by atoms with van der Waals surface area (Å²) >= 11 is 6.32. The first-order valence-electron chi connectivity index (χ1n) is 7.24. The highest BCUT2D eigenvalue weighted by atomic mass is 35.5. The van der Waals surface area contributed by atoms with Crippen LogP contribution in [-0.2, 0) is 11.3 Å². The molecule has 2 aromatic heterocycles. The fraction of sp³-hybridized carbons (Fsp3) is 0.176. The van der Waals surface area contributed by atoms with E-state index in [0.29, 0.717) is 22.8 Å². The van der Waals surface area contributed by atoms with Crippen molar-refractivity contribution in [3.05, 3.63) is 47.0 Å². The monoisotopic (exact) mass is 347 g/mol. The fourth-order valence-electron chi connectivity index (χ4n) is 2.45. The van der Waals surface area contributed by atoms with Crippen molar-refractivity contribution in [3.63, 3.8) is 0 Å². The van der Waals surface area contributed by atoms with Crippen LogP contribution in [0.25, 0.3) is 22.2 Å². The van der Waals surface area contributed by atoms with E-state index < -0.39 is 5.95 Å². The maximum atomic E-state index is 13.8. The average molecular weight is 348 g/mol. The van der Waals surface area contributed by atoms with Gasteiger partial charge < -0.3 is 15.0 Å². The van der Waals surface area contributed by atoms with Crippen LogP contribution in [0.2, 0.25) is 5.02 Å². The van der Waals surface area contributed by atoms with Gasteiger partial charge in [-0.15, -0.1) is 0 Å². The number of H-pyrrole nitrogens is 1. The van der Waals surface area contributed by atoms with Crippen LogP contribution in [0, 0.1) is 5.95 Å². The summed E-state index contributed by atoms with van der Waals surface area (Å²) in [6.07, 6.45) is 0. The summed E-state index contributed by atoms with van der Waals surface area (Å²) < 4.78 is 18.7. The number of methoxy groups -OCH3 is 1. The van der Waals surface area contributed by atoms with Gasteiger partial charge in [-0.2, -0.15) is 4.39 Å². The molecule has 3 aromatic rings. The number of carbonyl (C=O) groups is 1. The van der Waals surface area contributed by atoms with Crippen molar-refractivity contribution in [2.45, 2.75) is 13.5 Å². The molecule has 0 saturated heterocycles. The number of nitrogens with zero attached hydrogens (tertiary/aromatic N) is 1. The Hall–Kier alpha value is -2.60. The predicted molar refractivity (Wildman–Crippen MR) is 90.6 cm³/mol. The van der Waals surface area contributed by atoms with Gasteiger partial charge in [-0.25, -0.2) is 4.98 Å². The lowest BCUT2D eigenvalue weighted by molar-refractivity contribution is -0.119. The van der Waals surface area contributed by atoms with Crippen molar-refractivity contribution < 1.29 is 13.9 Å². The number of hydrogen-bond donors (Lipinski definition) is 2. The Morgan fingerprint density at radius 3 is 2.83 bits per heavy atom. The molecule has 2 N–H and O–H groups in total. The minimum atomic E-state index is -0.691. The van der Waals surface area contributed by atoms with Gasteiger partial charge in [-0.3, -0.25) is 4.79 Å². The molecule has 0 saturated carbocycles. The molecule has 0 unspecified atom stereocenters. The molecule has 0 bridgehead atoms. The maximum absolute atomic E-state index is 13.8. The highest BCUT2D eigenvalue weighted by Gasteiger charge is 2.12. The minimum absolute atomic E-state index is 0.0772. The largest absolute Gasteiger partial charge is 0.492 e. The smallest absolute Gasteiger partial charge is 0.255 e. The van der Waals surface area contributed by atoms with Crippen LogP contribution >= 0.6 is 11.6 Å². The second kappa shape index (κ2) is 6.49. The minimum Gasteiger partial charge on any atom is -0.492 e. The first-order chi connectivity index (χ1) is 11.5. The number of amides is 1. The molecule has 124 valence electrons. The van der Waals surface area contributed by atoms with Crippen LogP contribution in [-0.4, -0.2) is 23.0 Å². The number of rotatable bonds is 4. The first-order valence-corrected chi connectivity index (χ1v) is 7.62. The Bertz CT molecular complexity index is 924. The fourth-order valence-corrected chi connectivity index (χ4v) is 2.72. The van der Waals surface area contributed by atoms with Crippen LogP contribution in [0.15, 0.2) is 30.3 Å². The molecule has 5 nitrogen and oxygen atoms in total. The summed E-state index contributed by atoms with van der Waals surface area (Å²) in [6.45, 7) is 1.86. The maximum Gasteiger partial charge on any atom is 0.255 e. The Morgan fingerprint density at radius 1 is 1.38 bits per heavy atom. The van der Waals surface area contributed by atoms with Gasteiger partial charge in [0, 0.05) is 29.1 Å². The van der Waals surface area contributed by atoms with Gasteiger partial charge in [0.2, 0.25) is 5.91 Å². The van der Waals surface area contributed by atoms with Crippen molar-refractivity contribution in [2.24, 2.45) is 0 Å². The van der Waals surface area contributed by atoms with Crippen LogP contribution < -0.4 is 10.1 Å². The molecule has 2 heterocycles. The molecular formula is C17H15ClFN3O2. The molecule has 0 aliphatic carbocycles. The Morgan fingerprint density at radius 2 is 2.17 bits per heavy atom. The van der Waals surface area contributed by atoms with Crippen molar-refractivity contribution in [3.8, 4) is 17.0 Å². The van der Waals surface area contributed by atoms with Crippen molar-refractivity contribution in [2.75, 3.05) is 7.11 Å². The molecule has 0 aliphatic heterocycles. The number of pyridine rings is 1. The highest BCUT2D eigenvalue weighted by Crippen LogP contribution is 2.32. The van der Waals surface area contributed by atoms with E-state index in [0.717, 1.165) is 16.6 Å². The Labute approximate surface area is 142 Å². The van der Waals surface area contributed by atoms with Gasteiger partial charge in [-0.05, 0) is 30.3 Å². The number of benzene rings is 1. The second-order valence-electron chi connectivity index (χ2n) is 5.31. The van der Waals surface area contributed by atoms with Crippen molar-refractivity contribution >= 4 is 28.4 Å². The number of aromatic nitrogens is 2. The van der Waals surface area contributed by atoms with E-state index in [1.165, 1.54) is 20.1 Å². The standard InChI is InChI=1S/C17H15ClFN3O2/c1-9(23)20-8-11-5-10-6-13(18)12(7-15(10)21-11)14-3-4-16(24-2)17(19)22-14/h3-7,21H,8H2,1-2H3,(H,20,23). The van der Waals surface area contributed by atoms with Gasteiger partial charge >= 0.3 is 0 Å². The molecule has 0 fully saturated rings. The molecule has 7 heteroatoms. The first kappa shape index (κ1) is 16.3. The Balaban J connectivity index is 2.00. The number of fused-ring (bicyclic) bond motifs is 1. The van der Waals surface area contributed by atoms with E-state index in [4.69, 9.17) is 16.3 Å². The zero-order valence-corrected chi connectivity index (χ0v) is 13.9. The number of halogens is 2. The van der Waals surface area contributed by atoms with Gasteiger partial charge in [0.25, 0.3) is 5.95 Å². The van der Waals surface area contributed by atoms with Gasteiger partial charge in [0.15, 0.2) is 5.75 Å². The van der Waals surface area contributed by atoms with E-state index in [1.807, 2.05) is 12.1 Å². The zero-order valence-electron chi connectivity index (χ0n) is 13.1. The number of ether oxygens (including phenoxy) is 1.